The number of nitrogens with zero attached hydrogens (tertiary/aromatic N) is 2. The van der Waals surface area contributed by atoms with Gasteiger partial charge in [0.2, 0.25) is 0 Å². The topological polar surface area (TPSA) is 66.3 Å². The molecule has 1 fully saturated rings. The Bertz CT molecular complexity index is 562. The predicted molar refractivity (Wildman–Crippen MR) is 95.5 cm³/mol. The molecule has 25 heavy (non-hydrogen) atoms. The van der Waals surface area contributed by atoms with Gasteiger partial charge < -0.3 is 24.8 Å². The maximum atomic E-state index is 13.5. The largest absolute Gasteiger partial charge is 0.489 e. The molecule has 1 heterocycles. The van der Waals surface area contributed by atoms with Gasteiger partial charge in [0.15, 0.2) is 17.5 Å². The highest BCUT2D eigenvalue weighted by Gasteiger charge is 2.29. The first-order valence-corrected chi connectivity index (χ1v) is 8.71. The van der Waals surface area contributed by atoms with Crippen molar-refractivity contribution in [3.05, 3.63) is 30.1 Å². The van der Waals surface area contributed by atoms with Gasteiger partial charge in [0.05, 0.1) is 18.7 Å². The predicted octanol–water partition coefficient (Wildman–Crippen LogP) is 1.64. The summed E-state index contributed by atoms with van der Waals surface area (Å²) in [5.74, 6) is 0.571. The number of ether oxygens (including phenoxy) is 2. The van der Waals surface area contributed by atoms with Gasteiger partial charge in [0, 0.05) is 39.6 Å². The Labute approximate surface area is 148 Å². The monoisotopic (exact) mass is 353 g/mol. The third-order valence-electron chi connectivity index (χ3n) is 4.16. The summed E-state index contributed by atoms with van der Waals surface area (Å²) in [4.78, 5) is 6.46. The smallest absolute Gasteiger partial charge is 0.193 e. The summed E-state index contributed by atoms with van der Waals surface area (Å²) in [6.45, 7) is 5.05. The van der Waals surface area contributed by atoms with E-state index < -0.39 is 5.60 Å². The van der Waals surface area contributed by atoms with Crippen LogP contribution in [0.1, 0.15) is 19.8 Å². The van der Waals surface area contributed by atoms with E-state index in [1.807, 2.05) is 18.9 Å². The van der Waals surface area contributed by atoms with Gasteiger partial charge in [0.25, 0.3) is 0 Å². The normalized spacial score (nSPS) is 17.2. The van der Waals surface area contributed by atoms with E-state index in [9.17, 15) is 9.50 Å². The van der Waals surface area contributed by atoms with Crippen LogP contribution >= 0.6 is 0 Å². The van der Waals surface area contributed by atoms with E-state index in [-0.39, 0.29) is 11.6 Å². The molecule has 2 rings (SSSR count). The van der Waals surface area contributed by atoms with E-state index in [0.717, 1.165) is 6.54 Å². The SMILES string of the molecule is CCNC(=NCC1(O)CCOCC1)N(C)CCOc1ccccc1F. The Hall–Kier alpha value is -1.86. The highest BCUT2D eigenvalue weighted by Crippen LogP contribution is 2.20. The van der Waals surface area contributed by atoms with Gasteiger partial charge in [-0.15, -0.1) is 0 Å². The van der Waals surface area contributed by atoms with E-state index in [4.69, 9.17) is 9.47 Å². The number of benzene rings is 1. The number of likely N-dealkylation sites (N-methyl/N-ethyl adjacent to an activating group) is 1. The summed E-state index contributed by atoms with van der Waals surface area (Å²) in [6, 6.07) is 6.35. The lowest BCUT2D eigenvalue weighted by atomic mass is 9.95. The summed E-state index contributed by atoms with van der Waals surface area (Å²) >= 11 is 0. The van der Waals surface area contributed by atoms with Crippen molar-refractivity contribution in [1.82, 2.24) is 10.2 Å². The first-order chi connectivity index (χ1) is 12.0. The first kappa shape index (κ1) is 19.5. The van der Waals surface area contributed by atoms with Crippen LogP contribution in [0.25, 0.3) is 0 Å². The molecule has 1 aliphatic rings. The maximum absolute atomic E-state index is 13.5. The van der Waals surface area contributed by atoms with Gasteiger partial charge >= 0.3 is 0 Å². The van der Waals surface area contributed by atoms with E-state index in [1.54, 1.807) is 18.2 Å². The minimum Gasteiger partial charge on any atom is -0.489 e. The Morgan fingerprint density at radius 3 is 2.80 bits per heavy atom. The molecule has 1 saturated heterocycles. The zero-order valence-electron chi connectivity index (χ0n) is 15.0. The summed E-state index contributed by atoms with van der Waals surface area (Å²) in [6.07, 6.45) is 1.19. The molecule has 1 aromatic rings. The number of halogens is 1. The number of aliphatic hydroxyl groups is 1. The van der Waals surface area contributed by atoms with Crippen LogP contribution in [0.3, 0.4) is 0 Å². The number of hydrogen-bond acceptors (Lipinski definition) is 4. The Morgan fingerprint density at radius 1 is 1.40 bits per heavy atom. The van der Waals surface area contributed by atoms with Crippen LogP contribution < -0.4 is 10.1 Å². The molecule has 0 aliphatic carbocycles. The molecule has 2 N–H and O–H groups in total. The van der Waals surface area contributed by atoms with E-state index >= 15 is 0 Å². The minimum atomic E-state index is -0.802. The lowest BCUT2D eigenvalue weighted by molar-refractivity contribution is -0.0566. The maximum Gasteiger partial charge on any atom is 0.193 e. The fourth-order valence-electron chi connectivity index (χ4n) is 2.56. The number of aliphatic imine (C=N–C) groups is 1. The molecule has 0 atom stereocenters. The summed E-state index contributed by atoms with van der Waals surface area (Å²) in [7, 11) is 1.89. The van der Waals surface area contributed by atoms with Crippen molar-refractivity contribution in [1.29, 1.82) is 0 Å². The summed E-state index contributed by atoms with van der Waals surface area (Å²) in [5, 5.41) is 13.7. The number of rotatable bonds is 7. The van der Waals surface area contributed by atoms with Crippen LogP contribution in [0.5, 0.6) is 5.75 Å². The molecule has 0 saturated carbocycles. The van der Waals surface area contributed by atoms with Crippen LogP contribution in [0, 0.1) is 5.82 Å². The van der Waals surface area contributed by atoms with E-state index in [1.165, 1.54) is 6.07 Å². The van der Waals surface area contributed by atoms with Crippen LogP contribution in [0.15, 0.2) is 29.3 Å². The second-order valence-corrected chi connectivity index (χ2v) is 6.21. The molecule has 6 nitrogen and oxygen atoms in total. The molecule has 0 spiro atoms. The van der Waals surface area contributed by atoms with Crippen LogP contribution in [-0.2, 0) is 4.74 Å². The third-order valence-corrected chi connectivity index (χ3v) is 4.16. The average Bonchev–Trinajstić information content (AvgIpc) is 2.61. The van der Waals surface area contributed by atoms with Gasteiger partial charge in [-0.2, -0.15) is 0 Å². The molecule has 1 aliphatic heterocycles. The Kier molecular flexibility index (Phi) is 7.46. The lowest BCUT2D eigenvalue weighted by Gasteiger charge is -2.31. The van der Waals surface area contributed by atoms with Crippen molar-refractivity contribution >= 4 is 5.96 Å². The van der Waals surface area contributed by atoms with E-state index in [2.05, 4.69) is 10.3 Å². The molecule has 0 aromatic heterocycles. The molecule has 0 bridgehead atoms. The van der Waals surface area contributed by atoms with Crippen LogP contribution in [-0.4, -0.2) is 68.1 Å². The van der Waals surface area contributed by atoms with Gasteiger partial charge in [0.1, 0.15) is 6.61 Å². The fraction of sp³-hybridized carbons (Fsp3) is 0.611. The van der Waals surface area contributed by atoms with Gasteiger partial charge in [-0.3, -0.25) is 4.99 Å². The fourth-order valence-corrected chi connectivity index (χ4v) is 2.56. The number of guanidine groups is 1. The standard InChI is InChI=1S/C18H28FN3O3/c1-3-20-17(21-14-18(23)8-11-24-12-9-18)22(2)10-13-25-16-7-5-4-6-15(16)19/h4-7,23H,3,8-14H2,1-2H3,(H,20,21). The molecule has 0 unspecified atom stereocenters. The minimum absolute atomic E-state index is 0.245. The second-order valence-electron chi connectivity index (χ2n) is 6.21. The third kappa shape index (κ3) is 6.17. The molecule has 140 valence electrons. The summed E-state index contributed by atoms with van der Waals surface area (Å²) in [5.41, 5.74) is -0.802. The van der Waals surface area contributed by atoms with E-state index in [0.29, 0.717) is 51.7 Å². The van der Waals surface area contributed by atoms with Gasteiger partial charge in [-0.25, -0.2) is 4.39 Å². The quantitative estimate of drug-likeness (QED) is 0.576. The van der Waals surface area contributed by atoms with Crippen molar-refractivity contribution < 1.29 is 19.0 Å². The van der Waals surface area contributed by atoms with Crippen molar-refractivity contribution in [3.8, 4) is 5.75 Å². The number of nitrogens with one attached hydrogen (secondary N) is 1. The molecule has 1 aromatic carbocycles. The highest BCUT2D eigenvalue weighted by molar-refractivity contribution is 5.79. The second kappa shape index (κ2) is 9.58. The summed E-state index contributed by atoms with van der Waals surface area (Å²) < 4.78 is 24.3. The van der Waals surface area contributed by atoms with Gasteiger partial charge in [-0.1, -0.05) is 12.1 Å². The van der Waals surface area contributed by atoms with Crippen molar-refractivity contribution in [2.45, 2.75) is 25.4 Å². The molecule has 0 amide bonds. The molecular formula is C18H28FN3O3. The van der Waals surface area contributed by atoms with Crippen molar-refractivity contribution in [3.63, 3.8) is 0 Å². The van der Waals surface area contributed by atoms with Crippen molar-refractivity contribution in [2.75, 3.05) is 46.5 Å². The Balaban J connectivity index is 1.87. The zero-order chi connectivity index (χ0) is 18.1. The van der Waals surface area contributed by atoms with Crippen molar-refractivity contribution in [2.24, 2.45) is 4.99 Å². The molecular weight excluding hydrogens is 325 g/mol. The average molecular weight is 353 g/mol. The highest BCUT2D eigenvalue weighted by atomic mass is 19.1. The van der Waals surface area contributed by atoms with Crippen LogP contribution in [0.4, 0.5) is 4.39 Å². The Morgan fingerprint density at radius 2 is 2.12 bits per heavy atom. The number of hydrogen-bond donors (Lipinski definition) is 2. The number of para-hydroxylation sites is 1. The molecule has 0 radical (unpaired) electrons. The lowest BCUT2D eigenvalue weighted by Crippen LogP contribution is -2.44. The van der Waals surface area contributed by atoms with Crippen LogP contribution in [0.2, 0.25) is 0 Å². The zero-order valence-corrected chi connectivity index (χ0v) is 15.0. The first-order valence-electron chi connectivity index (χ1n) is 8.71. The molecule has 7 heteroatoms. The van der Waals surface area contributed by atoms with Gasteiger partial charge in [-0.05, 0) is 19.1 Å².